The molecule has 38 heavy (non-hydrogen) atoms. The fourth-order valence-electron chi connectivity index (χ4n) is 8.14. The zero-order valence-electron chi connectivity index (χ0n) is 22.4. The van der Waals surface area contributed by atoms with Gasteiger partial charge in [0.15, 0.2) is 0 Å². The first-order valence-electron chi connectivity index (χ1n) is 14.5. The normalized spacial score (nSPS) is 30.8. The number of hydrogen-bond acceptors (Lipinski definition) is 7. The summed E-state index contributed by atoms with van der Waals surface area (Å²) in [4.78, 5) is 11.6. The Labute approximate surface area is 231 Å². The number of likely N-dealkylation sites (tertiary alicyclic amines) is 1. The highest BCUT2D eigenvalue weighted by Gasteiger charge is 2.55. The zero-order valence-corrected chi connectivity index (χ0v) is 23.2. The summed E-state index contributed by atoms with van der Waals surface area (Å²) in [5.41, 5.74) is 1.79. The largest absolute Gasteiger partial charge is 0.368 e. The van der Waals surface area contributed by atoms with E-state index in [-0.39, 0.29) is 0 Å². The van der Waals surface area contributed by atoms with E-state index >= 15 is 0 Å². The lowest BCUT2D eigenvalue weighted by atomic mass is 9.48. The number of benzene rings is 1. The first-order valence-corrected chi connectivity index (χ1v) is 14.9. The minimum atomic E-state index is 0.309. The van der Waals surface area contributed by atoms with Crippen molar-refractivity contribution in [3.05, 3.63) is 46.6 Å². The minimum absolute atomic E-state index is 0.309. The molecule has 2 aromatic rings. The molecule has 5 fully saturated rings. The predicted octanol–water partition coefficient (Wildman–Crippen LogP) is 5.29. The Kier molecular flexibility index (Phi) is 7.48. The van der Waals surface area contributed by atoms with E-state index in [1.807, 2.05) is 24.3 Å². The highest BCUT2D eigenvalue weighted by atomic mass is 35.5. The fourth-order valence-corrected chi connectivity index (χ4v) is 8.34. The maximum absolute atomic E-state index is 9.72. The summed E-state index contributed by atoms with van der Waals surface area (Å²) in [5.74, 6) is 3.55. The van der Waals surface area contributed by atoms with Crippen molar-refractivity contribution in [3.63, 3.8) is 0 Å². The van der Waals surface area contributed by atoms with Crippen molar-refractivity contribution < 1.29 is 0 Å². The number of rotatable bonds is 9. The van der Waals surface area contributed by atoms with Crippen molar-refractivity contribution in [3.8, 4) is 6.07 Å². The van der Waals surface area contributed by atoms with Crippen molar-refractivity contribution in [2.24, 2.45) is 23.2 Å². The van der Waals surface area contributed by atoms with Crippen molar-refractivity contribution in [1.29, 1.82) is 5.26 Å². The molecule has 0 radical (unpaired) electrons. The molecule has 4 aliphatic carbocycles. The average molecular weight is 534 g/mol. The van der Waals surface area contributed by atoms with Gasteiger partial charge in [0, 0.05) is 30.2 Å². The summed E-state index contributed by atoms with van der Waals surface area (Å²) in [6.07, 6.45) is 10.8. The number of nitriles is 1. The number of hydrogen-bond donors (Lipinski definition) is 3. The van der Waals surface area contributed by atoms with Crippen LogP contribution in [-0.4, -0.2) is 53.1 Å². The van der Waals surface area contributed by atoms with Gasteiger partial charge in [0.05, 0.1) is 6.20 Å². The Balaban J connectivity index is 1.09. The smallest absolute Gasteiger partial charge is 0.224 e. The van der Waals surface area contributed by atoms with E-state index in [1.54, 1.807) is 6.20 Å². The molecule has 202 valence electrons. The fraction of sp³-hybridized carbons (Fsp3) is 0.633. The molecule has 1 aliphatic heterocycles. The monoisotopic (exact) mass is 533 g/mol. The van der Waals surface area contributed by atoms with Gasteiger partial charge in [0.1, 0.15) is 17.5 Å². The standard InChI is InChI=1S/C30H40ClN7/c1-2-38-9-7-25(8-10-38)36-27-22-11-20-12-23(27)15-30(13-20,14-22)19-35-28-24(16-32)18-34-29(37-28)33-17-21-5-3-4-6-26(21)31/h3-6,18,20,22-23,25,27,36H,2,7-15,17,19H2,1H3,(H2,33,34,35,37)/t20?,22-,23+,27?,30?. The number of aromatic nitrogens is 2. The Hall–Kier alpha value is -2.40. The Bertz CT molecular complexity index is 1160. The van der Waals surface area contributed by atoms with Gasteiger partial charge in [-0.3, -0.25) is 0 Å². The topological polar surface area (TPSA) is 88.9 Å². The molecule has 5 atom stereocenters. The molecule has 1 saturated heterocycles. The highest BCUT2D eigenvalue weighted by molar-refractivity contribution is 6.31. The van der Waals surface area contributed by atoms with Gasteiger partial charge in [-0.2, -0.15) is 10.2 Å². The van der Waals surface area contributed by atoms with Crippen molar-refractivity contribution in [2.45, 2.75) is 70.5 Å². The molecule has 8 heteroatoms. The lowest BCUT2D eigenvalue weighted by Gasteiger charge is -2.61. The van der Waals surface area contributed by atoms with Gasteiger partial charge >= 0.3 is 0 Å². The first kappa shape index (κ1) is 25.9. The van der Waals surface area contributed by atoms with Gasteiger partial charge in [0.2, 0.25) is 5.95 Å². The van der Waals surface area contributed by atoms with Crippen LogP contribution in [-0.2, 0) is 6.54 Å². The molecule has 1 aromatic carbocycles. The Morgan fingerprint density at radius 2 is 1.87 bits per heavy atom. The molecule has 7 nitrogen and oxygen atoms in total. The number of nitrogens with one attached hydrogen (secondary N) is 3. The summed E-state index contributed by atoms with van der Waals surface area (Å²) in [5, 5.41) is 21.5. The van der Waals surface area contributed by atoms with E-state index in [2.05, 4.69) is 38.8 Å². The van der Waals surface area contributed by atoms with Crippen molar-refractivity contribution in [1.82, 2.24) is 20.2 Å². The Morgan fingerprint density at radius 3 is 2.58 bits per heavy atom. The molecular weight excluding hydrogens is 494 g/mol. The van der Waals surface area contributed by atoms with E-state index in [9.17, 15) is 5.26 Å². The van der Waals surface area contributed by atoms with Crippen LogP contribution in [0.5, 0.6) is 0 Å². The second-order valence-corrected chi connectivity index (χ2v) is 12.6. The quantitative estimate of drug-likeness (QED) is 0.403. The van der Waals surface area contributed by atoms with E-state index in [1.165, 1.54) is 64.6 Å². The number of nitrogens with zero attached hydrogens (tertiary/aromatic N) is 4. The lowest BCUT2D eigenvalue weighted by molar-refractivity contribution is -0.0734. The summed E-state index contributed by atoms with van der Waals surface area (Å²) in [6.45, 7) is 7.35. The molecule has 7 rings (SSSR count). The molecule has 2 heterocycles. The maximum Gasteiger partial charge on any atom is 0.224 e. The molecule has 1 aromatic heterocycles. The molecular formula is C30H40ClN7. The second kappa shape index (κ2) is 11.0. The number of anilines is 2. The SMILES string of the molecule is CCN1CCC(NC2[C@@H]3CC4C[C@H]2CC(CNc2nc(NCc5ccccc5Cl)ncc2C#N)(C4)C3)CC1. The van der Waals surface area contributed by atoms with Gasteiger partial charge < -0.3 is 20.9 Å². The zero-order chi connectivity index (χ0) is 26.1. The first-order chi connectivity index (χ1) is 18.5. The van der Waals surface area contributed by atoms with E-state index < -0.39 is 0 Å². The van der Waals surface area contributed by atoms with E-state index in [0.717, 1.165) is 29.9 Å². The maximum atomic E-state index is 9.72. The van der Waals surface area contributed by atoms with Crippen molar-refractivity contribution >= 4 is 23.4 Å². The molecule has 5 aliphatic rings. The molecule has 4 saturated carbocycles. The third kappa shape index (κ3) is 5.36. The van der Waals surface area contributed by atoms with Crippen molar-refractivity contribution in [2.75, 3.05) is 36.8 Å². The average Bonchev–Trinajstić information content (AvgIpc) is 2.93. The third-order valence-electron chi connectivity index (χ3n) is 9.80. The van der Waals surface area contributed by atoms with E-state index in [4.69, 9.17) is 16.6 Å². The Morgan fingerprint density at radius 1 is 1.11 bits per heavy atom. The van der Waals surface area contributed by atoms with Crippen LogP contribution >= 0.6 is 11.6 Å². The van der Waals surface area contributed by atoms with Gasteiger partial charge in [-0.15, -0.1) is 0 Å². The lowest BCUT2D eigenvalue weighted by Crippen LogP contribution is -2.61. The summed E-state index contributed by atoms with van der Waals surface area (Å²) in [6, 6.07) is 11.4. The van der Waals surface area contributed by atoms with Gasteiger partial charge in [0.25, 0.3) is 0 Å². The van der Waals surface area contributed by atoms with Gasteiger partial charge in [-0.05, 0) is 99.4 Å². The van der Waals surface area contributed by atoms with E-state index in [0.29, 0.717) is 46.4 Å². The molecule has 0 amide bonds. The van der Waals surface area contributed by atoms with Crippen LogP contribution < -0.4 is 16.0 Å². The van der Waals surface area contributed by atoms with Gasteiger partial charge in [-0.25, -0.2) is 4.98 Å². The number of halogens is 1. The van der Waals surface area contributed by atoms with Gasteiger partial charge in [-0.1, -0.05) is 36.7 Å². The predicted molar refractivity (Wildman–Crippen MR) is 152 cm³/mol. The summed E-state index contributed by atoms with van der Waals surface area (Å²) < 4.78 is 0. The molecule has 3 N–H and O–H groups in total. The molecule has 3 unspecified atom stereocenters. The van der Waals surface area contributed by atoms with Crippen LogP contribution in [0.2, 0.25) is 5.02 Å². The van der Waals surface area contributed by atoms with Crippen LogP contribution in [0.25, 0.3) is 0 Å². The molecule has 0 spiro atoms. The summed E-state index contributed by atoms with van der Waals surface area (Å²) in [7, 11) is 0. The highest BCUT2D eigenvalue weighted by Crippen LogP contribution is 2.60. The van der Waals surface area contributed by atoms with Crippen LogP contribution in [0.4, 0.5) is 11.8 Å². The second-order valence-electron chi connectivity index (χ2n) is 12.2. The minimum Gasteiger partial charge on any atom is -0.368 e. The van der Waals surface area contributed by atoms with Crippen LogP contribution in [0.1, 0.15) is 63.0 Å². The molecule has 4 bridgehead atoms. The van der Waals surface area contributed by atoms with Crippen LogP contribution in [0.3, 0.4) is 0 Å². The van der Waals surface area contributed by atoms with Crippen LogP contribution in [0.15, 0.2) is 30.5 Å². The summed E-state index contributed by atoms with van der Waals surface area (Å²) >= 11 is 6.30. The van der Waals surface area contributed by atoms with Crippen LogP contribution in [0, 0.1) is 34.5 Å². The third-order valence-corrected chi connectivity index (χ3v) is 10.2. The number of piperidine rings is 1.